The number of carbonyl (C=O) groups is 1. The van der Waals surface area contributed by atoms with Crippen LogP contribution < -0.4 is 10.6 Å². The predicted molar refractivity (Wildman–Crippen MR) is 130 cm³/mol. The quantitative estimate of drug-likeness (QED) is 0.526. The lowest BCUT2D eigenvalue weighted by molar-refractivity contribution is 0.0662. The fourth-order valence-electron chi connectivity index (χ4n) is 4.96. The van der Waals surface area contributed by atoms with Crippen LogP contribution in [-0.4, -0.2) is 67.4 Å². The first kappa shape index (κ1) is 23.3. The van der Waals surface area contributed by atoms with Crippen LogP contribution in [0.15, 0.2) is 24.4 Å². The van der Waals surface area contributed by atoms with Crippen molar-refractivity contribution in [3.63, 3.8) is 0 Å². The Labute approximate surface area is 192 Å². The highest BCUT2D eigenvalue weighted by atomic mass is 16.5. The van der Waals surface area contributed by atoms with E-state index in [1.165, 1.54) is 23.8 Å². The minimum atomic E-state index is 0.144. The van der Waals surface area contributed by atoms with E-state index in [4.69, 9.17) is 4.74 Å². The fraction of sp³-hybridized carbons (Fsp3) is 0.654. The van der Waals surface area contributed by atoms with Crippen molar-refractivity contribution in [3.8, 4) is 0 Å². The smallest absolute Gasteiger partial charge is 0.254 e. The maximum atomic E-state index is 13.6. The molecule has 2 fully saturated rings. The van der Waals surface area contributed by atoms with Crippen LogP contribution in [-0.2, 0) is 11.3 Å². The standard InChI is InChI=1S/C26H40N4O2/c1-18(2)30(17-22-14-27-13-21(22)15-28-23-7-8-23)26(31)20-6-9-24-19(3)16-29(25(24)12-20)10-5-11-32-4/h6,9,12,16,18,21-23,27-28H,5,7-8,10-11,13-15,17H2,1-4H3/t21-,22-/m0/s1. The number of rotatable bonds is 11. The number of amides is 1. The Bertz CT molecular complexity index is 918. The van der Waals surface area contributed by atoms with Gasteiger partial charge in [0.2, 0.25) is 0 Å². The van der Waals surface area contributed by atoms with E-state index >= 15 is 0 Å². The first-order valence-electron chi connectivity index (χ1n) is 12.3. The summed E-state index contributed by atoms with van der Waals surface area (Å²) in [7, 11) is 1.74. The highest BCUT2D eigenvalue weighted by Crippen LogP contribution is 2.26. The summed E-state index contributed by atoms with van der Waals surface area (Å²) in [6.45, 7) is 12.0. The molecule has 4 rings (SSSR count). The lowest BCUT2D eigenvalue weighted by Gasteiger charge is -2.31. The molecule has 1 saturated heterocycles. The summed E-state index contributed by atoms with van der Waals surface area (Å²) in [6, 6.07) is 7.11. The van der Waals surface area contributed by atoms with Crippen LogP contribution in [0.2, 0.25) is 0 Å². The highest BCUT2D eigenvalue weighted by Gasteiger charge is 2.32. The molecule has 1 amide bonds. The van der Waals surface area contributed by atoms with Gasteiger partial charge in [0.05, 0.1) is 0 Å². The molecule has 2 N–H and O–H groups in total. The van der Waals surface area contributed by atoms with E-state index in [-0.39, 0.29) is 11.9 Å². The number of hydrogen-bond donors (Lipinski definition) is 2. The number of carbonyl (C=O) groups excluding carboxylic acids is 1. The van der Waals surface area contributed by atoms with Crippen LogP contribution in [0.4, 0.5) is 0 Å². The number of ether oxygens (including phenoxy) is 1. The van der Waals surface area contributed by atoms with Gasteiger partial charge in [-0.2, -0.15) is 0 Å². The van der Waals surface area contributed by atoms with E-state index in [0.29, 0.717) is 11.8 Å². The van der Waals surface area contributed by atoms with E-state index in [2.05, 4.69) is 59.2 Å². The van der Waals surface area contributed by atoms with Crippen molar-refractivity contribution in [2.45, 2.75) is 58.7 Å². The number of nitrogens with zero attached hydrogens (tertiary/aromatic N) is 2. The van der Waals surface area contributed by atoms with E-state index in [0.717, 1.165) is 62.9 Å². The predicted octanol–water partition coefficient (Wildman–Crippen LogP) is 3.42. The largest absolute Gasteiger partial charge is 0.385 e. The molecule has 1 aromatic carbocycles. The van der Waals surface area contributed by atoms with Gasteiger partial charge in [0.1, 0.15) is 0 Å². The highest BCUT2D eigenvalue weighted by molar-refractivity contribution is 5.98. The van der Waals surface area contributed by atoms with Crippen molar-refractivity contribution in [2.75, 3.05) is 39.9 Å². The summed E-state index contributed by atoms with van der Waals surface area (Å²) in [5.41, 5.74) is 3.18. The van der Waals surface area contributed by atoms with Gasteiger partial charge in [-0.05, 0) is 82.7 Å². The molecule has 6 nitrogen and oxygen atoms in total. The molecule has 1 aromatic heterocycles. The molecule has 0 unspecified atom stereocenters. The zero-order valence-electron chi connectivity index (χ0n) is 20.2. The molecule has 2 heterocycles. The topological polar surface area (TPSA) is 58.5 Å². The molecular formula is C26H40N4O2. The Kier molecular flexibility index (Phi) is 7.54. The Morgan fingerprint density at radius 3 is 2.78 bits per heavy atom. The van der Waals surface area contributed by atoms with Crippen molar-refractivity contribution < 1.29 is 9.53 Å². The molecule has 0 bridgehead atoms. The second-order valence-electron chi connectivity index (χ2n) is 10.00. The van der Waals surface area contributed by atoms with Gasteiger partial charge in [-0.25, -0.2) is 0 Å². The minimum Gasteiger partial charge on any atom is -0.385 e. The summed E-state index contributed by atoms with van der Waals surface area (Å²) in [6.07, 6.45) is 5.78. The molecule has 2 atom stereocenters. The Morgan fingerprint density at radius 1 is 1.28 bits per heavy atom. The number of benzene rings is 1. The summed E-state index contributed by atoms with van der Waals surface area (Å²) >= 11 is 0. The van der Waals surface area contributed by atoms with Crippen molar-refractivity contribution in [3.05, 3.63) is 35.5 Å². The minimum absolute atomic E-state index is 0.144. The molecule has 1 saturated carbocycles. The van der Waals surface area contributed by atoms with E-state index in [9.17, 15) is 4.79 Å². The van der Waals surface area contributed by atoms with Crippen LogP contribution >= 0.6 is 0 Å². The molecule has 6 heteroatoms. The van der Waals surface area contributed by atoms with Gasteiger partial charge in [-0.15, -0.1) is 0 Å². The second kappa shape index (κ2) is 10.4. The van der Waals surface area contributed by atoms with Gasteiger partial charge >= 0.3 is 0 Å². The van der Waals surface area contributed by atoms with Crippen molar-refractivity contribution in [1.82, 2.24) is 20.1 Å². The Hall–Kier alpha value is -1.89. The lowest BCUT2D eigenvalue weighted by Crippen LogP contribution is -2.43. The molecule has 0 radical (unpaired) electrons. The summed E-state index contributed by atoms with van der Waals surface area (Å²) in [5.74, 6) is 1.23. The monoisotopic (exact) mass is 440 g/mol. The summed E-state index contributed by atoms with van der Waals surface area (Å²) < 4.78 is 7.49. The Balaban J connectivity index is 1.50. The van der Waals surface area contributed by atoms with Crippen molar-refractivity contribution in [1.29, 1.82) is 0 Å². The average molecular weight is 441 g/mol. The van der Waals surface area contributed by atoms with Crippen LogP contribution in [0, 0.1) is 18.8 Å². The van der Waals surface area contributed by atoms with Gasteiger partial charge in [0.15, 0.2) is 0 Å². The zero-order chi connectivity index (χ0) is 22.7. The molecule has 1 aliphatic heterocycles. The van der Waals surface area contributed by atoms with Gasteiger partial charge in [-0.1, -0.05) is 6.07 Å². The number of aromatic nitrogens is 1. The fourth-order valence-corrected chi connectivity index (χ4v) is 4.96. The molecular weight excluding hydrogens is 400 g/mol. The lowest BCUT2D eigenvalue weighted by atomic mass is 9.94. The maximum absolute atomic E-state index is 13.6. The number of aryl methyl sites for hydroxylation is 2. The van der Waals surface area contributed by atoms with Gasteiger partial charge in [0, 0.05) is 68.1 Å². The molecule has 32 heavy (non-hydrogen) atoms. The number of hydrogen-bond acceptors (Lipinski definition) is 4. The van der Waals surface area contributed by atoms with Crippen molar-refractivity contribution >= 4 is 16.8 Å². The van der Waals surface area contributed by atoms with Crippen LogP contribution in [0.25, 0.3) is 10.9 Å². The van der Waals surface area contributed by atoms with Crippen LogP contribution in [0.3, 0.4) is 0 Å². The third kappa shape index (κ3) is 5.36. The zero-order valence-corrected chi connectivity index (χ0v) is 20.2. The normalized spacial score (nSPS) is 21.0. The molecule has 1 aliphatic carbocycles. The first-order valence-corrected chi connectivity index (χ1v) is 12.3. The average Bonchev–Trinajstić information content (AvgIpc) is 3.42. The molecule has 2 aliphatic rings. The third-order valence-corrected chi connectivity index (χ3v) is 7.12. The van der Waals surface area contributed by atoms with Gasteiger partial charge in [0.25, 0.3) is 5.91 Å². The second-order valence-corrected chi connectivity index (χ2v) is 10.00. The number of methoxy groups -OCH3 is 1. The van der Waals surface area contributed by atoms with Crippen LogP contribution in [0.1, 0.15) is 49.0 Å². The van der Waals surface area contributed by atoms with Crippen LogP contribution in [0.5, 0.6) is 0 Å². The third-order valence-electron chi connectivity index (χ3n) is 7.12. The first-order chi connectivity index (χ1) is 15.5. The van der Waals surface area contributed by atoms with Gasteiger partial charge in [-0.3, -0.25) is 4.79 Å². The summed E-state index contributed by atoms with van der Waals surface area (Å²) in [5, 5.41) is 8.47. The van der Waals surface area contributed by atoms with E-state index in [1.807, 2.05) is 6.07 Å². The maximum Gasteiger partial charge on any atom is 0.254 e. The Morgan fingerprint density at radius 2 is 2.06 bits per heavy atom. The number of nitrogens with one attached hydrogen (secondary N) is 2. The van der Waals surface area contributed by atoms with E-state index in [1.54, 1.807) is 7.11 Å². The molecule has 176 valence electrons. The summed E-state index contributed by atoms with van der Waals surface area (Å²) in [4.78, 5) is 15.7. The van der Waals surface area contributed by atoms with Gasteiger partial charge < -0.3 is 24.8 Å². The molecule has 2 aromatic rings. The number of fused-ring (bicyclic) bond motifs is 1. The SMILES string of the molecule is COCCCn1cc(C)c2ccc(C(=O)N(C[C@@H]3CNC[C@H]3CNC3CC3)C(C)C)cc21. The molecule has 0 spiro atoms. The van der Waals surface area contributed by atoms with Crippen molar-refractivity contribution in [2.24, 2.45) is 11.8 Å². The van der Waals surface area contributed by atoms with E-state index < -0.39 is 0 Å².